The van der Waals surface area contributed by atoms with Crippen LogP contribution in [0, 0.1) is 0 Å². The van der Waals surface area contributed by atoms with Crippen molar-refractivity contribution in [3.05, 3.63) is 59.7 Å². The third kappa shape index (κ3) is 3.82. The van der Waals surface area contributed by atoms with Gasteiger partial charge < -0.3 is 15.0 Å². The maximum absolute atomic E-state index is 12.3. The number of likely N-dealkylation sites (N-methyl/N-ethyl adjacent to an activating group) is 1. The summed E-state index contributed by atoms with van der Waals surface area (Å²) in [5, 5.41) is 2.93. The Morgan fingerprint density at radius 3 is 2.72 bits per heavy atom. The number of ether oxygens (including phenoxy) is 1. The van der Waals surface area contributed by atoms with Gasteiger partial charge in [-0.15, -0.1) is 0 Å². The van der Waals surface area contributed by atoms with Crippen molar-refractivity contribution in [2.24, 2.45) is 0 Å². The first-order valence-electron chi connectivity index (χ1n) is 8.46. The molecule has 1 N–H and O–H groups in total. The summed E-state index contributed by atoms with van der Waals surface area (Å²) in [6.45, 7) is 2.32. The molecule has 3 rings (SSSR count). The summed E-state index contributed by atoms with van der Waals surface area (Å²) in [6, 6.07) is 15.4. The molecule has 0 saturated heterocycles. The molecule has 1 heterocycles. The summed E-state index contributed by atoms with van der Waals surface area (Å²) in [6.07, 6.45) is 1.30. The summed E-state index contributed by atoms with van der Waals surface area (Å²) < 4.78 is 5.57. The maximum atomic E-state index is 12.3. The fraction of sp³-hybridized carbons (Fsp3) is 0.300. The monoisotopic (exact) mass is 338 g/mol. The highest BCUT2D eigenvalue weighted by Gasteiger charge is 2.29. The van der Waals surface area contributed by atoms with E-state index in [4.69, 9.17) is 4.74 Å². The molecule has 0 saturated carbocycles. The Balaban J connectivity index is 1.59. The van der Waals surface area contributed by atoms with Gasteiger partial charge in [0, 0.05) is 19.2 Å². The second-order valence-corrected chi connectivity index (χ2v) is 6.18. The average molecular weight is 338 g/mol. The van der Waals surface area contributed by atoms with Crippen molar-refractivity contribution in [2.45, 2.75) is 25.9 Å². The molecule has 0 aromatic heterocycles. The normalized spacial score (nSPS) is 16.2. The van der Waals surface area contributed by atoms with Gasteiger partial charge in [-0.05, 0) is 43.5 Å². The van der Waals surface area contributed by atoms with Crippen LogP contribution in [0.15, 0.2) is 48.5 Å². The SMILES string of the molecule is CC1Oc2ccc(C(=O)NCCCc3ccccc3)cc2N(C)C1=O. The van der Waals surface area contributed by atoms with Gasteiger partial charge in [0.15, 0.2) is 6.10 Å². The minimum absolute atomic E-state index is 0.118. The van der Waals surface area contributed by atoms with Crippen LogP contribution in [-0.2, 0) is 11.2 Å². The molecule has 0 spiro atoms. The molecule has 1 atom stereocenters. The Morgan fingerprint density at radius 1 is 1.20 bits per heavy atom. The first-order chi connectivity index (χ1) is 12.1. The summed E-state index contributed by atoms with van der Waals surface area (Å²) in [5.74, 6) is 0.360. The Labute approximate surface area is 147 Å². The molecule has 5 heteroatoms. The topological polar surface area (TPSA) is 58.6 Å². The number of hydrogen-bond donors (Lipinski definition) is 1. The van der Waals surface area contributed by atoms with E-state index in [0.717, 1.165) is 12.8 Å². The number of anilines is 1. The van der Waals surface area contributed by atoms with Crippen LogP contribution in [-0.4, -0.2) is 31.5 Å². The molecule has 0 radical (unpaired) electrons. The number of carbonyl (C=O) groups is 2. The van der Waals surface area contributed by atoms with Gasteiger partial charge in [-0.2, -0.15) is 0 Å². The number of carbonyl (C=O) groups excluding carboxylic acids is 2. The Bertz CT molecular complexity index is 774. The minimum atomic E-state index is -0.504. The molecule has 1 aliphatic heterocycles. The van der Waals surface area contributed by atoms with Crippen molar-refractivity contribution in [3.63, 3.8) is 0 Å². The molecular weight excluding hydrogens is 316 g/mol. The number of fused-ring (bicyclic) bond motifs is 1. The fourth-order valence-corrected chi connectivity index (χ4v) is 2.89. The van der Waals surface area contributed by atoms with Gasteiger partial charge in [0.1, 0.15) is 5.75 Å². The van der Waals surface area contributed by atoms with Gasteiger partial charge in [-0.25, -0.2) is 0 Å². The van der Waals surface area contributed by atoms with Crippen LogP contribution >= 0.6 is 0 Å². The third-order valence-corrected chi connectivity index (χ3v) is 4.34. The van der Waals surface area contributed by atoms with Crippen LogP contribution < -0.4 is 15.0 Å². The second-order valence-electron chi connectivity index (χ2n) is 6.18. The fourth-order valence-electron chi connectivity index (χ4n) is 2.89. The Morgan fingerprint density at radius 2 is 1.96 bits per heavy atom. The minimum Gasteiger partial charge on any atom is -0.479 e. The lowest BCUT2D eigenvalue weighted by molar-refractivity contribution is -0.125. The number of hydrogen-bond acceptors (Lipinski definition) is 3. The first kappa shape index (κ1) is 17.0. The first-order valence-corrected chi connectivity index (χ1v) is 8.46. The number of benzene rings is 2. The molecule has 2 aromatic rings. The van der Waals surface area contributed by atoms with Crippen LogP contribution in [0.25, 0.3) is 0 Å². The molecule has 0 bridgehead atoms. The molecule has 2 amide bonds. The van der Waals surface area contributed by atoms with E-state index >= 15 is 0 Å². The zero-order valence-electron chi connectivity index (χ0n) is 14.5. The van der Waals surface area contributed by atoms with E-state index in [1.54, 1.807) is 32.2 Å². The number of nitrogens with one attached hydrogen (secondary N) is 1. The van der Waals surface area contributed by atoms with E-state index in [2.05, 4.69) is 17.4 Å². The van der Waals surface area contributed by atoms with E-state index < -0.39 is 6.10 Å². The lowest BCUT2D eigenvalue weighted by Crippen LogP contribution is -2.42. The van der Waals surface area contributed by atoms with Crippen LogP contribution in [0.3, 0.4) is 0 Å². The van der Waals surface area contributed by atoms with Gasteiger partial charge in [-0.3, -0.25) is 9.59 Å². The largest absolute Gasteiger partial charge is 0.479 e. The zero-order valence-corrected chi connectivity index (χ0v) is 14.5. The lowest BCUT2D eigenvalue weighted by atomic mass is 10.1. The predicted octanol–water partition coefficient (Wildman–Crippen LogP) is 2.79. The summed E-state index contributed by atoms with van der Waals surface area (Å²) in [7, 11) is 1.70. The Hall–Kier alpha value is -2.82. The van der Waals surface area contributed by atoms with Crippen LogP contribution in [0.5, 0.6) is 5.75 Å². The quantitative estimate of drug-likeness (QED) is 0.853. The van der Waals surface area contributed by atoms with Crippen molar-refractivity contribution in [1.82, 2.24) is 5.32 Å². The summed E-state index contributed by atoms with van der Waals surface area (Å²) >= 11 is 0. The summed E-state index contributed by atoms with van der Waals surface area (Å²) in [4.78, 5) is 25.9. The molecule has 0 fully saturated rings. The highest BCUT2D eigenvalue weighted by atomic mass is 16.5. The predicted molar refractivity (Wildman–Crippen MR) is 97.0 cm³/mol. The molecule has 2 aromatic carbocycles. The number of rotatable bonds is 5. The third-order valence-electron chi connectivity index (χ3n) is 4.34. The van der Waals surface area contributed by atoms with Crippen molar-refractivity contribution in [1.29, 1.82) is 0 Å². The van der Waals surface area contributed by atoms with E-state index in [9.17, 15) is 9.59 Å². The van der Waals surface area contributed by atoms with E-state index in [1.165, 1.54) is 10.5 Å². The van der Waals surface area contributed by atoms with E-state index in [1.807, 2.05) is 18.2 Å². The Kier molecular flexibility index (Phi) is 5.03. The van der Waals surface area contributed by atoms with Crippen molar-refractivity contribution in [3.8, 4) is 5.75 Å². The van der Waals surface area contributed by atoms with Gasteiger partial charge in [0.2, 0.25) is 0 Å². The molecular formula is C20H22N2O3. The van der Waals surface area contributed by atoms with Crippen molar-refractivity contribution < 1.29 is 14.3 Å². The molecule has 0 aliphatic carbocycles. The average Bonchev–Trinajstić information content (AvgIpc) is 2.64. The molecule has 5 nitrogen and oxygen atoms in total. The molecule has 25 heavy (non-hydrogen) atoms. The summed E-state index contributed by atoms with van der Waals surface area (Å²) in [5.41, 5.74) is 2.41. The maximum Gasteiger partial charge on any atom is 0.267 e. The van der Waals surface area contributed by atoms with Gasteiger partial charge in [0.05, 0.1) is 5.69 Å². The van der Waals surface area contributed by atoms with E-state index in [0.29, 0.717) is 23.5 Å². The van der Waals surface area contributed by atoms with E-state index in [-0.39, 0.29) is 11.8 Å². The molecule has 1 unspecified atom stereocenters. The number of nitrogens with zero attached hydrogens (tertiary/aromatic N) is 1. The smallest absolute Gasteiger partial charge is 0.267 e. The van der Waals surface area contributed by atoms with Gasteiger partial charge >= 0.3 is 0 Å². The van der Waals surface area contributed by atoms with Crippen LogP contribution in [0.1, 0.15) is 29.3 Å². The number of aryl methyl sites for hydroxylation is 1. The second kappa shape index (κ2) is 7.38. The molecule has 1 aliphatic rings. The lowest BCUT2D eigenvalue weighted by Gasteiger charge is -2.30. The number of amides is 2. The van der Waals surface area contributed by atoms with Gasteiger partial charge in [-0.1, -0.05) is 30.3 Å². The zero-order chi connectivity index (χ0) is 17.8. The van der Waals surface area contributed by atoms with Gasteiger partial charge in [0.25, 0.3) is 11.8 Å². The van der Waals surface area contributed by atoms with Crippen molar-refractivity contribution in [2.75, 3.05) is 18.5 Å². The van der Waals surface area contributed by atoms with Crippen LogP contribution in [0.4, 0.5) is 5.69 Å². The van der Waals surface area contributed by atoms with Crippen molar-refractivity contribution >= 4 is 17.5 Å². The molecule has 130 valence electrons. The highest BCUT2D eigenvalue weighted by Crippen LogP contribution is 2.33. The van der Waals surface area contributed by atoms with Crippen LogP contribution in [0.2, 0.25) is 0 Å². The highest BCUT2D eigenvalue weighted by molar-refractivity contribution is 6.02. The standard InChI is InChI=1S/C20H22N2O3/c1-14-20(24)22(2)17-13-16(10-11-18(17)25-14)19(23)21-12-6-9-15-7-4-3-5-8-15/h3-5,7-8,10-11,13-14H,6,9,12H2,1-2H3,(H,21,23).